The molecule has 2 atom stereocenters. The summed E-state index contributed by atoms with van der Waals surface area (Å²) in [5.41, 5.74) is 5.68. The Kier molecular flexibility index (Phi) is 7.90. The van der Waals surface area contributed by atoms with Crippen LogP contribution in [0.15, 0.2) is 66.7 Å². The quantitative estimate of drug-likeness (QED) is 0.204. The normalized spacial score (nSPS) is 20.5. The molecule has 0 spiro atoms. The van der Waals surface area contributed by atoms with Gasteiger partial charge in [0.15, 0.2) is 5.75 Å². The molecule has 6 nitrogen and oxygen atoms in total. The van der Waals surface area contributed by atoms with E-state index >= 15 is 0 Å². The lowest BCUT2D eigenvalue weighted by Gasteiger charge is -2.33. The van der Waals surface area contributed by atoms with E-state index in [1.54, 1.807) is 0 Å². The fourth-order valence-electron chi connectivity index (χ4n) is 6.34. The first kappa shape index (κ1) is 34.7. The van der Waals surface area contributed by atoms with Crippen LogP contribution in [0.3, 0.4) is 0 Å². The van der Waals surface area contributed by atoms with Gasteiger partial charge >= 0.3 is 15.5 Å². The molecule has 0 bridgehead atoms. The van der Waals surface area contributed by atoms with Gasteiger partial charge in [-0.3, -0.25) is 9.05 Å². The van der Waals surface area contributed by atoms with Crippen LogP contribution in [0.1, 0.15) is 105 Å². The fourth-order valence-corrected chi connectivity index (χ4v) is 9.74. The second-order valence-corrected chi connectivity index (χ2v) is 20.9. The summed E-state index contributed by atoms with van der Waals surface area (Å²) in [4.78, 5) is 24.5. The molecule has 0 saturated heterocycles. The fraction of sp³-hybridized carbons (Fsp3) is 0.400. The monoisotopic (exact) mass is 687 g/mol. The van der Waals surface area contributed by atoms with E-state index in [0.717, 1.165) is 27.8 Å². The van der Waals surface area contributed by atoms with Crippen LogP contribution in [-0.2, 0) is 26.2 Å². The summed E-state index contributed by atoms with van der Waals surface area (Å²) in [6, 6.07) is 21.7. The van der Waals surface area contributed by atoms with E-state index in [4.69, 9.17) is 13.6 Å². The summed E-state index contributed by atoms with van der Waals surface area (Å²) < 4.78 is 33.7. The molecule has 0 amide bonds. The molecule has 0 saturated carbocycles. The molecule has 6 rings (SSSR count). The van der Waals surface area contributed by atoms with E-state index in [1.807, 2.05) is 75.4 Å². The highest BCUT2D eigenvalue weighted by Crippen LogP contribution is 2.64. The van der Waals surface area contributed by atoms with Gasteiger partial charge in [-0.25, -0.2) is 4.57 Å². The van der Waals surface area contributed by atoms with Gasteiger partial charge in [-0.15, -0.1) is 0 Å². The minimum Gasteiger partial charge on any atom is -0.421 e. The second kappa shape index (κ2) is 10.9. The van der Waals surface area contributed by atoms with Crippen molar-refractivity contribution in [1.82, 2.24) is 0 Å². The molecule has 48 heavy (non-hydrogen) atoms. The zero-order valence-electron chi connectivity index (χ0n) is 30.3. The van der Waals surface area contributed by atoms with E-state index < -0.39 is 21.0 Å². The SMILES string of the molecule is CC(C)(C)c1ccc2c(c1)OP(=O)(O)c1c-2ccc(C(C)(C)C)c1O[P+]1(O)Oc2ccc(C(C)(C)C)cc2-c2ccc(C(C)(C)C)cc21. The number of rotatable bonds is 2. The van der Waals surface area contributed by atoms with Crippen LogP contribution in [0.4, 0.5) is 0 Å². The summed E-state index contributed by atoms with van der Waals surface area (Å²) in [7, 11) is -8.46. The molecule has 0 aliphatic carbocycles. The molecule has 4 aromatic rings. The highest BCUT2D eigenvalue weighted by Gasteiger charge is 2.56. The zero-order valence-corrected chi connectivity index (χ0v) is 32.1. The minimum atomic E-state index is -4.50. The molecule has 0 fully saturated rings. The van der Waals surface area contributed by atoms with Crippen LogP contribution >= 0.6 is 15.5 Å². The lowest BCUT2D eigenvalue weighted by atomic mass is 9.84. The number of benzene rings is 4. The van der Waals surface area contributed by atoms with Gasteiger partial charge < -0.3 is 9.42 Å². The number of hydrogen-bond donors (Lipinski definition) is 2. The molecular formula is C40H49O6P2+. The Hall–Kier alpha value is -3.14. The summed E-state index contributed by atoms with van der Waals surface area (Å²) >= 11 is 0. The molecule has 2 aliphatic heterocycles. The summed E-state index contributed by atoms with van der Waals surface area (Å²) in [6.45, 7) is 25.2. The summed E-state index contributed by atoms with van der Waals surface area (Å²) in [6.07, 6.45) is 0. The predicted octanol–water partition coefficient (Wildman–Crippen LogP) is 10.3. The first-order valence-corrected chi connectivity index (χ1v) is 19.7. The van der Waals surface area contributed by atoms with Crippen molar-refractivity contribution in [2.45, 2.75) is 105 Å². The van der Waals surface area contributed by atoms with Crippen molar-refractivity contribution in [2.75, 3.05) is 0 Å². The number of fused-ring (bicyclic) bond motifs is 6. The van der Waals surface area contributed by atoms with Gasteiger partial charge in [-0.1, -0.05) is 119 Å². The Morgan fingerprint density at radius 1 is 0.604 bits per heavy atom. The topological polar surface area (TPSA) is 85.2 Å². The minimum absolute atomic E-state index is 0.0327. The molecule has 2 aliphatic rings. The van der Waals surface area contributed by atoms with Crippen molar-refractivity contribution in [3.05, 3.63) is 89.0 Å². The van der Waals surface area contributed by atoms with Crippen molar-refractivity contribution in [3.8, 4) is 39.5 Å². The van der Waals surface area contributed by atoms with Gasteiger partial charge in [0, 0.05) is 27.8 Å². The van der Waals surface area contributed by atoms with Gasteiger partial charge in [0.2, 0.25) is 11.1 Å². The van der Waals surface area contributed by atoms with Crippen LogP contribution in [0.25, 0.3) is 22.3 Å². The van der Waals surface area contributed by atoms with E-state index in [0.29, 0.717) is 33.5 Å². The first-order valence-electron chi connectivity index (χ1n) is 16.6. The van der Waals surface area contributed by atoms with Crippen LogP contribution in [0, 0.1) is 0 Å². The maximum absolute atomic E-state index is 14.3. The highest BCUT2D eigenvalue weighted by atomic mass is 31.2. The zero-order chi connectivity index (χ0) is 35.4. The van der Waals surface area contributed by atoms with Crippen molar-refractivity contribution in [1.29, 1.82) is 0 Å². The third-order valence-corrected chi connectivity index (χ3v) is 12.6. The molecule has 8 heteroatoms. The average Bonchev–Trinajstić information content (AvgIpc) is 2.94. The van der Waals surface area contributed by atoms with Crippen molar-refractivity contribution < 1.29 is 27.9 Å². The van der Waals surface area contributed by atoms with Gasteiger partial charge in [-0.05, 0) is 68.7 Å². The molecular weight excluding hydrogens is 638 g/mol. The molecule has 0 radical (unpaired) electrons. The van der Waals surface area contributed by atoms with Gasteiger partial charge in [-0.2, -0.15) is 4.89 Å². The second-order valence-electron chi connectivity index (χ2n) is 17.3. The first-order chi connectivity index (χ1) is 21.9. The van der Waals surface area contributed by atoms with E-state index in [2.05, 4.69) is 74.4 Å². The Morgan fingerprint density at radius 2 is 1.12 bits per heavy atom. The number of hydrogen-bond acceptors (Lipinski definition) is 5. The van der Waals surface area contributed by atoms with Crippen LogP contribution in [-0.4, -0.2) is 9.79 Å². The van der Waals surface area contributed by atoms with Crippen LogP contribution in [0.5, 0.6) is 17.2 Å². The summed E-state index contributed by atoms with van der Waals surface area (Å²) in [5.74, 6) is 0.968. The summed E-state index contributed by atoms with van der Waals surface area (Å²) in [5, 5.41) is 0.566. The third-order valence-electron chi connectivity index (χ3n) is 9.32. The average molecular weight is 688 g/mol. The highest BCUT2D eigenvalue weighted by molar-refractivity contribution is 7.70. The van der Waals surface area contributed by atoms with E-state index in [9.17, 15) is 14.4 Å². The molecule has 254 valence electrons. The van der Waals surface area contributed by atoms with E-state index in [-0.39, 0.29) is 27.3 Å². The van der Waals surface area contributed by atoms with Crippen molar-refractivity contribution in [3.63, 3.8) is 0 Å². The van der Waals surface area contributed by atoms with Crippen molar-refractivity contribution >= 4 is 26.1 Å². The largest absolute Gasteiger partial charge is 0.533 e. The molecule has 2 heterocycles. The van der Waals surface area contributed by atoms with Crippen molar-refractivity contribution in [2.24, 2.45) is 0 Å². The smallest absolute Gasteiger partial charge is 0.421 e. The van der Waals surface area contributed by atoms with Gasteiger partial charge in [0.1, 0.15) is 11.1 Å². The Balaban J connectivity index is 1.61. The third kappa shape index (κ3) is 6.00. The van der Waals surface area contributed by atoms with Gasteiger partial charge in [0.25, 0.3) is 0 Å². The standard InChI is InChI=1S/C40H48O6P2/c1-37(2,3)24-15-20-32-30(21-24)28-17-14-26(39(7,8)9)23-34(28)48(43,45-32)46-35-31(40(10,11)12)19-18-29-27-16-13-25(38(4,5)6)22-33(27)44-47(41,42)36(29)35/h13-23,43H,1-12H3/p+1. The van der Waals surface area contributed by atoms with Crippen LogP contribution in [0.2, 0.25) is 0 Å². The molecule has 0 aromatic heterocycles. The molecule has 2 N–H and O–H groups in total. The van der Waals surface area contributed by atoms with Gasteiger partial charge in [0.05, 0.1) is 0 Å². The Labute approximate surface area is 286 Å². The molecule has 4 aromatic carbocycles. The molecule has 2 unspecified atom stereocenters. The lowest BCUT2D eigenvalue weighted by Crippen LogP contribution is -2.31. The van der Waals surface area contributed by atoms with Crippen LogP contribution < -0.4 is 24.2 Å². The lowest BCUT2D eigenvalue weighted by molar-refractivity contribution is 0.355. The maximum atomic E-state index is 14.3. The van der Waals surface area contributed by atoms with E-state index in [1.165, 1.54) is 0 Å². The Bertz CT molecular complexity index is 2000. The maximum Gasteiger partial charge on any atom is 0.533 e. The Morgan fingerprint density at radius 3 is 1.71 bits per heavy atom. The predicted molar refractivity (Wildman–Crippen MR) is 199 cm³/mol.